The summed E-state index contributed by atoms with van der Waals surface area (Å²) in [7, 11) is 1.60. The number of carbonyl (C=O) groups is 1. The Labute approximate surface area is 164 Å². The molecule has 0 saturated carbocycles. The lowest BCUT2D eigenvalue weighted by molar-refractivity contribution is -0.176. The molecule has 5 heteroatoms. The minimum absolute atomic E-state index is 0.0611. The fourth-order valence-corrected chi connectivity index (χ4v) is 5.38. The Morgan fingerprint density at radius 3 is 2.00 bits per heavy atom. The van der Waals surface area contributed by atoms with Crippen molar-refractivity contribution < 1.29 is 9.63 Å². The maximum absolute atomic E-state index is 12.6. The zero-order valence-electron chi connectivity index (χ0n) is 15.0. The summed E-state index contributed by atoms with van der Waals surface area (Å²) in [6, 6.07) is 21.0. The molecule has 0 N–H and O–H groups in total. The monoisotopic (exact) mass is 387 g/mol. The largest absolute Gasteiger partial charge is 0.274 e. The number of nitrogens with zero attached hydrogens (tertiary/aromatic N) is 1. The minimum atomic E-state index is 0.0611. The Bertz CT molecular complexity index is 681. The standard InChI is InChI=1S/C21H25NO2S2/c1-24-22-20(16-26-14-18-10-6-3-7-11-18)12-19(21(22)23)15-25-13-17-8-4-2-5-9-17/h2-11,19-20H,12-16H2,1H3/t19-,20-/m0/s1. The van der Waals surface area contributed by atoms with Crippen LogP contribution in [0, 0.1) is 5.92 Å². The first kappa shape index (κ1) is 19.3. The first-order valence-corrected chi connectivity index (χ1v) is 11.2. The smallest absolute Gasteiger partial charge is 0.250 e. The molecule has 0 bridgehead atoms. The van der Waals surface area contributed by atoms with Gasteiger partial charge < -0.3 is 0 Å². The highest BCUT2D eigenvalue weighted by Crippen LogP contribution is 2.31. The van der Waals surface area contributed by atoms with Crippen molar-refractivity contribution in [2.45, 2.75) is 24.0 Å². The predicted octanol–water partition coefficient (Wildman–Crippen LogP) is 4.63. The molecule has 0 aromatic heterocycles. The quantitative estimate of drug-likeness (QED) is 0.627. The summed E-state index contributed by atoms with van der Waals surface area (Å²) < 4.78 is 0. The Kier molecular flexibility index (Phi) is 7.47. The molecule has 1 amide bonds. The molecular weight excluding hydrogens is 362 g/mol. The molecular formula is C21H25NO2S2. The first-order chi connectivity index (χ1) is 12.8. The number of rotatable bonds is 9. The molecule has 1 aliphatic rings. The number of hydroxylamine groups is 2. The molecule has 2 aromatic carbocycles. The molecule has 0 aliphatic carbocycles. The van der Waals surface area contributed by atoms with E-state index < -0.39 is 0 Å². The van der Waals surface area contributed by atoms with E-state index in [0.29, 0.717) is 0 Å². The zero-order chi connectivity index (χ0) is 18.2. The van der Waals surface area contributed by atoms with Gasteiger partial charge in [-0.3, -0.25) is 9.63 Å². The van der Waals surface area contributed by atoms with Crippen LogP contribution in [0.2, 0.25) is 0 Å². The Balaban J connectivity index is 1.46. The highest BCUT2D eigenvalue weighted by atomic mass is 32.2. The van der Waals surface area contributed by atoms with Gasteiger partial charge in [0.2, 0.25) is 5.91 Å². The van der Waals surface area contributed by atoms with Crippen molar-refractivity contribution in [1.29, 1.82) is 0 Å². The molecule has 1 aliphatic heterocycles. The van der Waals surface area contributed by atoms with Crippen LogP contribution in [-0.2, 0) is 21.1 Å². The fourth-order valence-electron chi connectivity index (χ4n) is 3.18. The first-order valence-electron chi connectivity index (χ1n) is 8.88. The molecule has 0 radical (unpaired) electrons. The average Bonchev–Trinajstić information content (AvgIpc) is 2.98. The van der Waals surface area contributed by atoms with Crippen molar-refractivity contribution in [2.24, 2.45) is 5.92 Å². The molecule has 1 fully saturated rings. The van der Waals surface area contributed by atoms with Crippen molar-refractivity contribution >= 4 is 29.4 Å². The highest BCUT2D eigenvalue weighted by Gasteiger charge is 2.39. The number of benzene rings is 2. The van der Waals surface area contributed by atoms with Crippen LogP contribution in [0.5, 0.6) is 0 Å². The molecule has 2 aromatic rings. The number of hydrogen-bond acceptors (Lipinski definition) is 4. The fraction of sp³-hybridized carbons (Fsp3) is 0.381. The second-order valence-corrected chi connectivity index (χ2v) is 8.50. The molecule has 3 nitrogen and oxygen atoms in total. The van der Waals surface area contributed by atoms with Crippen LogP contribution >= 0.6 is 23.5 Å². The van der Waals surface area contributed by atoms with Crippen molar-refractivity contribution in [3.05, 3.63) is 71.8 Å². The van der Waals surface area contributed by atoms with Crippen molar-refractivity contribution in [2.75, 3.05) is 18.6 Å². The van der Waals surface area contributed by atoms with E-state index in [-0.39, 0.29) is 17.9 Å². The van der Waals surface area contributed by atoms with Crippen LogP contribution in [-0.4, -0.2) is 35.6 Å². The van der Waals surface area contributed by atoms with Crippen LogP contribution < -0.4 is 0 Å². The zero-order valence-corrected chi connectivity index (χ0v) is 16.7. The van der Waals surface area contributed by atoms with Gasteiger partial charge in [-0.25, -0.2) is 5.06 Å². The van der Waals surface area contributed by atoms with Gasteiger partial charge in [-0.15, -0.1) is 0 Å². The van der Waals surface area contributed by atoms with Crippen LogP contribution in [0.25, 0.3) is 0 Å². The Morgan fingerprint density at radius 2 is 1.46 bits per heavy atom. The summed E-state index contributed by atoms with van der Waals surface area (Å²) in [6.45, 7) is 0. The van der Waals surface area contributed by atoms with E-state index in [1.807, 2.05) is 35.7 Å². The lowest BCUT2D eigenvalue weighted by Crippen LogP contribution is -2.34. The van der Waals surface area contributed by atoms with E-state index in [4.69, 9.17) is 4.84 Å². The summed E-state index contributed by atoms with van der Waals surface area (Å²) in [5.41, 5.74) is 2.63. The van der Waals surface area contributed by atoms with Gasteiger partial charge >= 0.3 is 0 Å². The third-order valence-electron chi connectivity index (χ3n) is 4.50. The van der Waals surface area contributed by atoms with Gasteiger partial charge in [0.1, 0.15) is 0 Å². The van der Waals surface area contributed by atoms with Crippen molar-refractivity contribution in [3.63, 3.8) is 0 Å². The van der Waals surface area contributed by atoms with Gasteiger partial charge in [0.15, 0.2) is 0 Å². The third kappa shape index (κ3) is 5.29. The van der Waals surface area contributed by atoms with E-state index >= 15 is 0 Å². The van der Waals surface area contributed by atoms with Gasteiger partial charge in [0.05, 0.1) is 19.1 Å². The van der Waals surface area contributed by atoms with Gasteiger partial charge in [0.25, 0.3) is 0 Å². The molecule has 138 valence electrons. The van der Waals surface area contributed by atoms with Gasteiger partial charge in [-0.1, -0.05) is 60.7 Å². The number of amides is 1. The van der Waals surface area contributed by atoms with E-state index in [0.717, 1.165) is 29.4 Å². The number of carbonyl (C=O) groups excluding carboxylic acids is 1. The summed E-state index contributed by atoms with van der Waals surface area (Å²) in [5, 5.41) is 1.60. The SMILES string of the molecule is CON1C(=O)[C@H](CSCc2ccccc2)C[C@H]1CSCc1ccccc1. The Morgan fingerprint density at radius 1 is 0.923 bits per heavy atom. The van der Waals surface area contributed by atoms with Crippen LogP contribution in [0.15, 0.2) is 60.7 Å². The molecule has 2 atom stereocenters. The lowest BCUT2D eigenvalue weighted by atomic mass is 10.1. The van der Waals surface area contributed by atoms with Gasteiger partial charge in [-0.05, 0) is 17.5 Å². The topological polar surface area (TPSA) is 29.5 Å². The molecule has 0 unspecified atom stereocenters. The van der Waals surface area contributed by atoms with E-state index in [2.05, 4.69) is 48.5 Å². The third-order valence-corrected chi connectivity index (χ3v) is 6.84. The van der Waals surface area contributed by atoms with Crippen LogP contribution in [0.4, 0.5) is 0 Å². The molecule has 0 spiro atoms. The molecule has 3 rings (SSSR count). The van der Waals surface area contributed by atoms with E-state index in [9.17, 15) is 4.79 Å². The maximum Gasteiger partial charge on any atom is 0.250 e. The second kappa shape index (κ2) is 10.0. The van der Waals surface area contributed by atoms with Crippen LogP contribution in [0.3, 0.4) is 0 Å². The van der Waals surface area contributed by atoms with Gasteiger partial charge in [-0.2, -0.15) is 23.5 Å². The molecule has 1 heterocycles. The summed E-state index contributed by atoms with van der Waals surface area (Å²) in [4.78, 5) is 18.0. The Hall–Kier alpha value is -1.43. The maximum atomic E-state index is 12.6. The van der Waals surface area contributed by atoms with Crippen molar-refractivity contribution in [3.8, 4) is 0 Å². The predicted molar refractivity (Wildman–Crippen MR) is 111 cm³/mol. The average molecular weight is 388 g/mol. The van der Waals surface area contributed by atoms with Crippen LogP contribution in [0.1, 0.15) is 17.5 Å². The van der Waals surface area contributed by atoms with Crippen molar-refractivity contribution in [1.82, 2.24) is 5.06 Å². The summed E-state index contributed by atoms with van der Waals surface area (Å²) >= 11 is 3.70. The molecule has 26 heavy (non-hydrogen) atoms. The van der Waals surface area contributed by atoms with E-state index in [1.54, 1.807) is 12.2 Å². The molecule has 1 saturated heterocycles. The second-order valence-electron chi connectivity index (χ2n) is 6.43. The highest BCUT2D eigenvalue weighted by molar-refractivity contribution is 7.98. The number of thioether (sulfide) groups is 2. The number of hydrogen-bond donors (Lipinski definition) is 0. The van der Waals surface area contributed by atoms with Gasteiger partial charge in [0, 0.05) is 23.0 Å². The van der Waals surface area contributed by atoms with E-state index in [1.165, 1.54) is 11.1 Å². The summed E-state index contributed by atoms with van der Waals surface area (Å²) in [6.07, 6.45) is 0.885. The minimum Gasteiger partial charge on any atom is -0.274 e. The normalized spacial score (nSPS) is 19.9. The summed E-state index contributed by atoms with van der Waals surface area (Å²) in [5.74, 6) is 3.88. The lowest BCUT2D eigenvalue weighted by Gasteiger charge is -2.21.